The molecular formula is C15H21N5OS. The van der Waals surface area contributed by atoms with Crippen LogP contribution in [0.4, 0.5) is 5.82 Å². The molecule has 0 aliphatic carbocycles. The number of carbonyl (C=O) groups excluding carboxylic acids is 1. The number of piperazine rings is 1. The standard InChI is InChI=1S/C15H21N5OS/c1-10(2)12(16)15(21)20-6-4-19(5-7-20)13-11-3-8-22-14(11)18-9-17-13/h3,8-10,12H,4-7,16H2,1-2H3/t12-/m0/s1. The van der Waals surface area contributed by atoms with Crippen LogP contribution in [0.5, 0.6) is 0 Å². The third-order valence-electron chi connectivity index (χ3n) is 4.13. The molecule has 0 bridgehead atoms. The summed E-state index contributed by atoms with van der Waals surface area (Å²) in [6.07, 6.45) is 1.61. The highest BCUT2D eigenvalue weighted by Gasteiger charge is 2.27. The lowest BCUT2D eigenvalue weighted by molar-refractivity contribution is -0.133. The Kier molecular flexibility index (Phi) is 4.26. The molecule has 22 heavy (non-hydrogen) atoms. The Bertz CT molecular complexity index is 663. The van der Waals surface area contributed by atoms with Crippen LogP contribution >= 0.6 is 11.3 Å². The highest BCUT2D eigenvalue weighted by molar-refractivity contribution is 7.16. The van der Waals surface area contributed by atoms with Gasteiger partial charge in [0.25, 0.3) is 0 Å². The molecule has 6 nitrogen and oxygen atoms in total. The maximum Gasteiger partial charge on any atom is 0.239 e. The van der Waals surface area contributed by atoms with Crippen molar-refractivity contribution in [3.8, 4) is 0 Å². The normalized spacial score (nSPS) is 17.3. The second-order valence-corrected chi connectivity index (χ2v) is 6.81. The van der Waals surface area contributed by atoms with Crippen LogP contribution < -0.4 is 10.6 Å². The van der Waals surface area contributed by atoms with E-state index in [4.69, 9.17) is 5.73 Å². The van der Waals surface area contributed by atoms with Gasteiger partial charge in [0.2, 0.25) is 5.91 Å². The van der Waals surface area contributed by atoms with E-state index in [1.54, 1.807) is 17.7 Å². The second-order valence-electron chi connectivity index (χ2n) is 5.92. The first-order chi connectivity index (χ1) is 10.6. The second kappa shape index (κ2) is 6.18. The summed E-state index contributed by atoms with van der Waals surface area (Å²) in [7, 11) is 0. The van der Waals surface area contributed by atoms with E-state index >= 15 is 0 Å². The highest BCUT2D eigenvalue weighted by Crippen LogP contribution is 2.27. The Morgan fingerprint density at radius 2 is 2.00 bits per heavy atom. The van der Waals surface area contributed by atoms with Crippen molar-refractivity contribution in [3.05, 3.63) is 17.8 Å². The van der Waals surface area contributed by atoms with Crippen LogP contribution in [0.1, 0.15) is 13.8 Å². The van der Waals surface area contributed by atoms with Gasteiger partial charge in [-0.05, 0) is 17.4 Å². The predicted molar refractivity (Wildman–Crippen MR) is 89.0 cm³/mol. The van der Waals surface area contributed by atoms with E-state index in [2.05, 4.69) is 20.9 Å². The van der Waals surface area contributed by atoms with Gasteiger partial charge in [-0.15, -0.1) is 11.3 Å². The van der Waals surface area contributed by atoms with Crippen LogP contribution in [0.15, 0.2) is 17.8 Å². The van der Waals surface area contributed by atoms with Crippen LogP contribution in [-0.2, 0) is 4.79 Å². The summed E-state index contributed by atoms with van der Waals surface area (Å²) >= 11 is 1.62. The first-order valence-electron chi connectivity index (χ1n) is 7.55. The van der Waals surface area contributed by atoms with Crippen molar-refractivity contribution in [1.29, 1.82) is 0 Å². The molecule has 0 saturated carbocycles. The van der Waals surface area contributed by atoms with E-state index in [0.717, 1.165) is 29.1 Å². The van der Waals surface area contributed by atoms with Crippen molar-refractivity contribution in [1.82, 2.24) is 14.9 Å². The van der Waals surface area contributed by atoms with Crippen molar-refractivity contribution in [2.24, 2.45) is 11.7 Å². The van der Waals surface area contributed by atoms with Gasteiger partial charge in [0, 0.05) is 26.2 Å². The van der Waals surface area contributed by atoms with Crippen LogP contribution in [0, 0.1) is 5.92 Å². The predicted octanol–water partition coefficient (Wildman–Crippen LogP) is 1.32. The van der Waals surface area contributed by atoms with Gasteiger partial charge < -0.3 is 15.5 Å². The van der Waals surface area contributed by atoms with Crippen LogP contribution in [0.3, 0.4) is 0 Å². The Labute approximate surface area is 133 Å². The van der Waals surface area contributed by atoms with E-state index in [1.807, 2.05) is 24.1 Å². The minimum atomic E-state index is -0.408. The fraction of sp³-hybridized carbons (Fsp3) is 0.533. The molecule has 1 aliphatic rings. The maximum absolute atomic E-state index is 12.3. The van der Waals surface area contributed by atoms with Gasteiger partial charge in [0.05, 0.1) is 11.4 Å². The molecule has 0 spiro atoms. The molecule has 7 heteroatoms. The molecule has 3 rings (SSSR count). The summed E-state index contributed by atoms with van der Waals surface area (Å²) in [5.41, 5.74) is 5.97. The number of amides is 1. The van der Waals surface area contributed by atoms with Gasteiger partial charge in [-0.3, -0.25) is 4.79 Å². The van der Waals surface area contributed by atoms with Crippen LogP contribution in [0.25, 0.3) is 10.2 Å². The Morgan fingerprint density at radius 3 is 2.68 bits per heavy atom. The number of nitrogens with two attached hydrogens (primary N) is 1. The Balaban J connectivity index is 1.69. The smallest absolute Gasteiger partial charge is 0.239 e. The van der Waals surface area contributed by atoms with E-state index in [-0.39, 0.29) is 11.8 Å². The van der Waals surface area contributed by atoms with Crippen LogP contribution in [-0.4, -0.2) is 53.0 Å². The monoisotopic (exact) mass is 319 g/mol. The van der Waals surface area contributed by atoms with Gasteiger partial charge in [-0.25, -0.2) is 9.97 Å². The summed E-state index contributed by atoms with van der Waals surface area (Å²) in [4.78, 5) is 26.1. The van der Waals surface area contributed by atoms with Crippen molar-refractivity contribution < 1.29 is 4.79 Å². The molecular weight excluding hydrogens is 298 g/mol. The average molecular weight is 319 g/mol. The van der Waals surface area contributed by atoms with Crippen molar-refractivity contribution in [2.75, 3.05) is 31.1 Å². The highest BCUT2D eigenvalue weighted by atomic mass is 32.1. The fourth-order valence-electron chi connectivity index (χ4n) is 2.66. The first-order valence-corrected chi connectivity index (χ1v) is 8.43. The number of carbonyl (C=O) groups is 1. The van der Waals surface area contributed by atoms with Gasteiger partial charge in [0.15, 0.2) is 0 Å². The van der Waals surface area contributed by atoms with Crippen molar-refractivity contribution in [3.63, 3.8) is 0 Å². The van der Waals surface area contributed by atoms with Gasteiger partial charge in [-0.2, -0.15) is 0 Å². The molecule has 118 valence electrons. The molecule has 0 unspecified atom stereocenters. The minimum absolute atomic E-state index is 0.0537. The number of rotatable bonds is 3. The molecule has 2 N–H and O–H groups in total. The first kappa shape index (κ1) is 15.2. The Morgan fingerprint density at radius 1 is 1.27 bits per heavy atom. The minimum Gasteiger partial charge on any atom is -0.352 e. The molecule has 1 aliphatic heterocycles. The Hall–Kier alpha value is -1.73. The van der Waals surface area contributed by atoms with E-state index < -0.39 is 6.04 Å². The van der Waals surface area contributed by atoms with Gasteiger partial charge >= 0.3 is 0 Å². The number of hydrogen-bond acceptors (Lipinski definition) is 6. The third kappa shape index (κ3) is 2.78. The summed E-state index contributed by atoms with van der Waals surface area (Å²) < 4.78 is 0. The number of thiophene rings is 1. The number of hydrogen-bond donors (Lipinski definition) is 1. The van der Waals surface area contributed by atoms with E-state index in [0.29, 0.717) is 13.1 Å². The van der Waals surface area contributed by atoms with E-state index in [1.165, 1.54) is 0 Å². The summed E-state index contributed by atoms with van der Waals surface area (Å²) in [6, 6.07) is 1.65. The number of fused-ring (bicyclic) bond motifs is 1. The number of anilines is 1. The molecule has 3 heterocycles. The van der Waals surface area contributed by atoms with Crippen molar-refractivity contribution >= 4 is 33.3 Å². The van der Waals surface area contributed by atoms with E-state index in [9.17, 15) is 4.79 Å². The number of aromatic nitrogens is 2. The maximum atomic E-state index is 12.3. The van der Waals surface area contributed by atoms with Crippen LogP contribution in [0.2, 0.25) is 0 Å². The lowest BCUT2D eigenvalue weighted by Crippen LogP contribution is -2.54. The molecule has 0 aromatic carbocycles. The quantitative estimate of drug-likeness (QED) is 0.923. The summed E-state index contributed by atoms with van der Waals surface area (Å²) in [5, 5.41) is 3.12. The average Bonchev–Trinajstić information content (AvgIpc) is 3.02. The zero-order valence-electron chi connectivity index (χ0n) is 12.9. The largest absolute Gasteiger partial charge is 0.352 e. The zero-order chi connectivity index (χ0) is 15.7. The summed E-state index contributed by atoms with van der Waals surface area (Å²) in [6.45, 7) is 6.89. The molecule has 2 aromatic heterocycles. The topological polar surface area (TPSA) is 75.4 Å². The molecule has 2 aromatic rings. The molecule has 1 amide bonds. The SMILES string of the molecule is CC(C)[C@H](N)C(=O)N1CCN(c2ncnc3sccc23)CC1. The summed E-state index contributed by atoms with van der Waals surface area (Å²) in [5.74, 6) is 1.18. The fourth-order valence-corrected chi connectivity index (χ4v) is 3.39. The molecule has 1 atom stereocenters. The zero-order valence-corrected chi connectivity index (χ0v) is 13.7. The van der Waals surface area contributed by atoms with Gasteiger partial charge in [0.1, 0.15) is 17.0 Å². The molecule has 1 saturated heterocycles. The molecule has 0 radical (unpaired) electrons. The lowest BCUT2D eigenvalue weighted by atomic mass is 10.0. The number of nitrogens with zero attached hydrogens (tertiary/aromatic N) is 4. The third-order valence-corrected chi connectivity index (χ3v) is 4.96. The lowest BCUT2D eigenvalue weighted by Gasteiger charge is -2.37. The van der Waals surface area contributed by atoms with Crippen molar-refractivity contribution in [2.45, 2.75) is 19.9 Å². The van der Waals surface area contributed by atoms with Gasteiger partial charge in [-0.1, -0.05) is 13.8 Å². The molecule has 1 fully saturated rings.